The molecule has 2 aromatic carbocycles. The SMILES string of the molecule is CN(C)c1ccc(C=CC(=O)CC(=O)C=Cc2ccc(O)cc2)c(Cl)c1. The molecule has 134 valence electrons. The van der Waals surface area contributed by atoms with E-state index in [1.807, 2.05) is 37.2 Å². The van der Waals surface area contributed by atoms with E-state index in [2.05, 4.69) is 0 Å². The molecule has 0 aliphatic heterocycles. The summed E-state index contributed by atoms with van der Waals surface area (Å²) in [7, 11) is 3.84. The molecule has 0 aliphatic carbocycles. The molecule has 1 N–H and O–H groups in total. The summed E-state index contributed by atoms with van der Waals surface area (Å²) in [4.78, 5) is 25.7. The predicted octanol–water partition coefficient (Wildman–Crippen LogP) is 4.37. The van der Waals surface area contributed by atoms with Crippen LogP contribution in [0.25, 0.3) is 12.2 Å². The fourth-order valence-electron chi connectivity index (χ4n) is 2.18. The van der Waals surface area contributed by atoms with Crippen LogP contribution < -0.4 is 4.90 Å². The molecule has 0 fully saturated rings. The number of allylic oxidation sites excluding steroid dienone is 2. The van der Waals surface area contributed by atoms with Crippen LogP contribution in [0.5, 0.6) is 5.75 Å². The lowest BCUT2D eigenvalue weighted by molar-refractivity contribution is -0.121. The van der Waals surface area contributed by atoms with Gasteiger partial charge in [-0.3, -0.25) is 9.59 Å². The first kappa shape index (κ1) is 19.5. The number of anilines is 1. The molecule has 5 heteroatoms. The average Bonchev–Trinajstić information content (AvgIpc) is 2.60. The van der Waals surface area contributed by atoms with Crippen molar-refractivity contribution >= 4 is 41.0 Å². The molecular formula is C21H20ClNO3. The van der Waals surface area contributed by atoms with Crippen molar-refractivity contribution in [3.05, 3.63) is 70.8 Å². The summed E-state index contributed by atoms with van der Waals surface area (Å²) < 4.78 is 0. The van der Waals surface area contributed by atoms with Crippen LogP contribution in [0.4, 0.5) is 5.69 Å². The van der Waals surface area contributed by atoms with Gasteiger partial charge < -0.3 is 10.0 Å². The van der Waals surface area contributed by atoms with Gasteiger partial charge in [0.2, 0.25) is 0 Å². The van der Waals surface area contributed by atoms with Gasteiger partial charge in [0, 0.05) is 24.8 Å². The first-order valence-corrected chi connectivity index (χ1v) is 8.40. The van der Waals surface area contributed by atoms with Gasteiger partial charge in [0.05, 0.1) is 6.42 Å². The molecule has 0 amide bonds. The molecule has 2 aromatic rings. The monoisotopic (exact) mass is 369 g/mol. The molecule has 0 bridgehead atoms. The second-order valence-electron chi connectivity index (χ2n) is 5.97. The summed E-state index contributed by atoms with van der Waals surface area (Å²) in [5.74, 6) is -0.425. The highest BCUT2D eigenvalue weighted by molar-refractivity contribution is 6.32. The van der Waals surface area contributed by atoms with Gasteiger partial charge in [-0.25, -0.2) is 0 Å². The van der Waals surface area contributed by atoms with E-state index >= 15 is 0 Å². The first-order valence-electron chi connectivity index (χ1n) is 8.03. The zero-order valence-corrected chi connectivity index (χ0v) is 15.4. The third-order valence-electron chi connectivity index (χ3n) is 3.65. The van der Waals surface area contributed by atoms with E-state index in [0.717, 1.165) is 16.8 Å². The Morgan fingerprint density at radius 2 is 1.62 bits per heavy atom. The minimum Gasteiger partial charge on any atom is -0.508 e. The van der Waals surface area contributed by atoms with Crippen LogP contribution in [-0.4, -0.2) is 30.8 Å². The quantitative estimate of drug-likeness (QED) is 0.581. The highest BCUT2D eigenvalue weighted by Crippen LogP contribution is 2.23. The first-order chi connectivity index (χ1) is 12.3. The number of nitrogens with zero attached hydrogens (tertiary/aromatic N) is 1. The van der Waals surface area contributed by atoms with Gasteiger partial charge in [-0.05, 0) is 53.6 Å². The van der Waals surface area contributed by atoms with Crippen molar-refractivity contribution in [2.75, 3.05) is 19.0 Å². The summed E-state index contributed by atoms with van der Waals surface area (Å²) in [6.45, 7) is 0. The number of carbonyl (C=O) groups is 2. The molecule has 0 atom stereocenters. The number of rotatable bonds is 7. The number of aromatic hydroxyl groups is 1. The van der Waals surface area contributed by atoms with Gasteiger partial charge in [0.15, 0.2) is 11.6 Å². The third-order valence-corrected chi connectivity index (χ3v) is 3.98. The van der Waals surface area contributed by atoms with Crippen molar-refractivity contribution in [1.82, 2.24) is 0 Å². The zero-order valence-electron chi connectivity index (χ0n) is 14.6. The Hall–Kier alpha value is -2.85. The van der Waals surface area contributed by atoms with Crippen molar-refractivity contribution in [2.45, 2.75) is 6.42 Å². The van der Waals surface area contributed by atoms with E-state index < -0.39 is 0 Å². The molecule has 4 nitrogen and oxygen atoms in total. The predicted molar refractivity (Wildman–Crippen MR) is 107 cm³/mol. The van der Waals surface area contributed by atoms with Crippen LogP contribution >= 0.6 is 11.6 Å². The summed E-state index contributed by atoms with van der Waals surface area (Å²) in [6.07, 6.45) is 5.73. The number of hydrogen-bond acceptors (Lipinski definition) is 4. The van der Waals surface area contributed by atoms with E-state index in [1.54, 1.807) is 24.3 Å². The Morgan fingerprint density at radius 1 is 1.00 bits per heavy atom. The van der Waals surface area contributed by atoms with Crippen molar-refractivity contribution in [1.29, 1.82) is 0 Å². The zero-order chi connectivity index (χ0) is 19.1. The Labute approximate surface area is 158 Å². The maximum absolute atomic E-state index is 11.9. The number of halogens is 1. The minimum absolute atomic E-state index is 0.158. The molecule has 0 aromatic heterocycles. The fourth-order valence-corrected chi connectivity index (χ4v) is 2.41. The summed E-state index contributed by atoms with van der Waals surface area (Å²) in [5, 5.41) is 9.75. The van der Waals surface area contributed by atoms with Crippen molar-refractivity contribution in [2.24, 2.45) is 0 Å². The maximum Gasteiger partial charge on any atom is 0.163 e. The smallest absolute Gasteiger partial charge is 0.163 e. The molecule has 0 saturated heterocycles. The standard InChI is InChI=1S/C21H20ClNO3/c1-23(2)17-8-6-16(21(22)13-17)7-12-20(26)14-19(25)11-5-15-3-9-18(24)10-4-15/h3-13,24H,14H2,1-2H3. The van der Waals surface area contributed by atoms with Crippen LogP contribution in [0.3, 0.4) is 0 Å². The summed E-state index contributed by atoms with van der Waals surface area (Å²) >= 11 is 6.21. The van der Waals surface area contributed by atoms with Crippen LogP contribution in [0.1, 0.15) is 17.5 Å². The molecule has 0 heterocycles. The second-order valence-corrected chi connectivity index (χ2v) is 6.38. The molecule has 0 saturated carbocycles. The number of benzene rings is 2. The molecule has 0 radical (unpaired) electrons. The summed E-state index contributed by atoms with van der Waals surface area (Å²) in [6, 6.07) is 12.0. The van der Waals surface area contributed by atoms with Crippen LogP contribution in [0, 0.1) is 0 Å². The Morgan fingerprint density at radius 3 is 2.19 bits per heavy atom. The largest absolute Gasteiger partial charge is 0.508 e. The van der Waals surface area contributed by atoms with Crippen molar-refractivity contribution in [3.63, 3.8) is 0 Å². The number of phenols is 1. The number of phenolic OH excluding ortho intramolecular Hbond substituents is 1. The topological polar surface area (TPSA) is 57.6 Å². The van der Waals surface area contributed by atoms with Gasteiger partial charge in [-0.2, -0.15) is 0 Å². The van der Waals surface area contributed by atoms with Gasteiger partial charge in [-0.1, -0.05) is 35.9 Å². The molecular weight excluding hydrogens is 350 g/mol. The highest BCUT2D eigenvalue weighted by atomic mass is 35.5. The number of ketones is 2. The molecule has 26 heavy (non-hydrogen) atoms. The van der Waals surface area contributed by atoms with Gasteiger partial charge in [0.1, 0.15) is 5.75 Å². The lowest BCUT2D eigenvalue weighted by Gasteiger charge is -2.13. The van der Waals surface area contributed by atoms with Crippen LogP contribution in [0.2, 0.25) is 5.02 Å². The second kappa shape index (κ2) is 9.02. The van der Waals surface area contributed by atoms with E-state index in [4.69, 9.17) is 11.6 Å². The highest BCUT2D eigenvalue weighted by Gasteiger charge is 2.05. The van der Waals surface area contributed by atoms with Crippen LogP contribution in [-0.2, 0) is 9.59 Å². The number of hydrogen-bond donors (Lipinski definition) is 1. The van der Waals surface area contributed by atoms with E-state index in [-0.39, 0.29) is 23.7 Å². The third kappa shape index (κ3) is 5.90. The van der Waals surface area contributed by atoms with E-state index in [0.29, 0.717) is 5.02 Å². The Kier molecular flexibility index (Phi) is 6.75. The van der Waals surface area contributed by atoms with Gasteiger partial charge in [0.25, 0.3) is 0 Å². The lowest BCUT2D eigenvalue weighted by Crippen LogP contribution is -2.08. The molecule has 0 spiro atoms. The normalized spacial score (nSPS) is 11.2. The molecule has 0 aliphatic rings. The lowest BCUT2D eigenvalue weighted by atomic mass is 10.1. The van der Waals surface area contributed by atoms with Gasteiger partial charge in [-0.15, -0.1) is 0 Å². The van der Waals surface area contributed by atoms with Crippen LogP contribution in [0.15, 0.2) is 54.6 Å². The fraction of sp³-hybridized carbons (Fsp3) is 0.143. The maximum atomic E-state index is 11.9. The molecule has 0 unspecified atom stereocenters. The minimum atomic E-state index is -0.293. The molecule has 2 rings (SSSR count). The Balaban J connectivity index is 1.94. The number of carbonyl (C=O) groups excluding carboxylic acids is 2. The van der Waals surface area contributed by atoms with Crippen molar-refractivity contribution < 1.29 is 14.7 Å². The Bertz CT molecular complexity index is 852. The van der Waals surface area contributed by atoms with E-state index in [1.165, 1.54) is 24.3 Å². The van der Waals surface area contributed by atoms with Crippen molar-refractivity contribution in [3.8, 4) is 5.75 Å². The summed E-state index contributed by atoms with van der Waals surface area (Å²) in [5.41, 5.74) is 2.46. The average molecular weight is 370 g/mol. The van der Waals surface area contributed by atoms with Gasteiger partial charge >= 0.3 is 0 Å². The van der Waals surface area contributed by atoms with E-state index in [9.17, 15) is 14.7 Å².